The van der Waals surface area contributed by atoms with Crippen LogP contribution in [0.1, 0.15) is 28.9 Å². The zero-order valence-electron chi connectivity index (χ0n) is 14.6. The molecule has 1 saturated heterocycles. The molecule has 2 atom stereocenters. The van der Waals surface area contributed by atoms with Gasteiger partial charge in [-0.15, -0.1) is 0 Å². The molecular formula is C20H22N2O4. The molecule has 136 valence electrons. The quantitative estimate of drug-likeness (QED) is 0.892. The van der Waals surface area contributed by atoms with Crippen molar-refractivity contribution < 1.29 is 19.1 Å². The normalized spacial score (nSPS) is 19.8. The number of nitrogens with zero attached hydrogens (tertiary/aromatic N) is 1. The molecule has 0 spiro atoms. The third-order valence-electron chi connectivity index (χ3n) is 4.29. The fraction of sp³-hybridized carbons (Fsp3) is 0.300. The first-order chi connectivity index (χ1) is 12.5. The van der Waals surface area contributed by atoms with E-state index in [4.69, 9.17) is 15.2 Å². The Morgan fingerprint density at radius 2 is 1.81 bits per heavy atom. The van der Waals surface area contributed by atoms with E-state index in [1.807, 2.05) is 37.3 Å². The zero-order valence-corrected chi connectivity index (χ0v) is 14.6. The molecule has 2 N–H and O–H groups in total. The number of amides is 2. The van der Waals surface area contributed by atoms with E-state index in [9.17, 15) is 9.59 Å². The van der Waals surface area contributed by atoms with Crippen molar-refractivity contribution in [1.82, 2.24) is 4.90 Å². The van der Waals surface area contributed by atoms with E-state index in [-0.39, 0.29) is 24.7 Å². The van der Waals surface area contributed by atoms with Crippen molar-refractivity contribution in [2.75, 3.05) is 19.7 Å². The monoisotopic (exact) mass is 354 g/mol. The lowest BCUT2D eigenvalue weighted by Gasteiger charge is -2.37. The molecule has 0 aliphatic carbocycles. The van der Waals surface area contributed by atoms with Gasteiger partial charge in [-0.25, -0.2) is 0 Å². The van der Waals surface area contributed by atoms with Crippen LogP contribution in [0.2, 0.25) is 0 Å². The van der Waals surface area contributed by atoms with Gasteiger partial charge in [0.25, 0.3) is 5.91 Å². The van der Waals surface area contributed by atoms with Gasteiger partial charge in [0.15, 0.2) is 6.61 Å². The van der Waals surface area contributed by atoms with E-state index in [1.165, 1.54) is 0 Å². The number of ether oxygens (including phenoxy) is 2. The maximum Gasteiger partial charge on any atom is 0.260 e. The van der Waals surface area contributed by atoms with Gasteiger partial charge in [-0.05, 0) is 36.8 Å². The van der Waals surface area contributed by atoms with Gasteiger partial charge < -0.3 is 20.1 Å². The first-order valence-electron chi connectivity index (χ1n) is 8.54. The number of hydrogen-bond donors (Lipinski definition) is 1. The summed E-state index contributed by atoms with van der Waals surface area (Å²) in [5.41, 5.74) is 6.66. The highest BCUT2D eigenvalue weighted by Gasteiger charge is 2.29. The number of primary amides is 1. The lowest BCUT2D eigenvalue weighted by molar-refractivity contribution is -0.146. The highest BCUT2D eigenvalue weighted by atomic mass is 16.5. The second-order valence-electron chi connectivity index (χ2n) is 6.32. The Bertz CT molecular complexity index is 761. The molecule has 6 heteroatoms. The van der Waals surface area contributed by atoms with Crippen LogP contribution in [0.4, 0.5) is 0 Å². The van der Waals surface area contributed by atoms with Crippen LogP contribution in [0, 0.1) is 0 Å². The van der Waals surface area contributed by atoms with Crippen molar-refractivity contribution in [2.24, 2.45) is 5.73 Å². The highest BCUT2D eigenvalue weighted by molar-refractivity contribution is 5.92. The maximum atomic E-state index is 12.5. The van der Waals surface area contributed by atoms with Crippen molar-refractivity contribution in [2.45, 2.75) is 19.1 Å². The summed E-state index contributed by atoms with van der Waals surface area (Å²) in [6, 6.07) is 16.3. The number of morpholine rings is 1. The summed E-state index contributed by atoms with van der Waals surface area (Å²) in [5.74, 6) is -0.0776. The van der Waals surface area contributed by atoms with E-state index in [0.717, 1.165) is 5.56 Å². The molecule has 0 radical (unpaired) electrons. The molecule has 2 unspecified atom stereocenters. The molecule has 0 bridgehead atoms. The van der Waals surface area contributed by atoms with Crippen molar-refractivity contribution in [1.29, 1.82) is 0 Å². The summed E-state index contributed by atoms with van der Waals surface area (Å²) in [4.78, 5) is 25.4. The number of carbonyl (C=O) groups excluding carboxylic acids is 2. The van der Waals surface area contributed by atoms with Crippen LogP contribution in [0.3, 0.4) is 0 Å². The number of nitrogens with two attached hydrogens (primary N) is 1. The Kier molecular flexibility index (Phi) is 5.53. The van der Waals surface area contributed by atoms with Gasteiger partial charge in [0, 0.05) is 12.1 Å². The Morgan fingerprint density at radius 3 is 2.46 bits per heavy atom. The summed E-state index contributed by atoms with van der Waals surface area (Å²) in [5, 5.41) is 0. The first-order valence-corrected chi connectivity index (χ1v) is 8.54. The van der Waals surface area contributed by atoms with Gasteiger partial charge >= 0.3 is 0 Å². The minimum absolute atomic E-state index is 0.0484. The fourth-order valence-corrected chi connectivity index (χ4v) is 2.96. The summed E-state index contributed by atoms with van der Waals surface area (Å²) in [6.07, 6.45) is -0.188. The van der Waals surface area contributed by atoms with Crippen LogP contribution in [-0.4, -0.2) is 42.5 Å². The molecule has 1 fully saturated rings. The predicted molar refractivity (Wildman–Crippen MR) is 96.8 cm³/mol. The van der Waals surface area contributed by atoms with Crippen molar-refractivity contribution in [3.8, 4) is 5.75 Å². The van der Waals surface area contributed by atoms with Gasteiger partial charge in [-0.1, -0.05) is 30.3 Å². The molecule has 1 aliphatic heterocycles. The topological polar surface area (TPSA) is 81.9 Å². The highest BCUT2D eigenvalue weighted by Crippen LogP contribution is 2.25. The van der Waals surface area contributed by atoms with Crippen molar-refractivity contribution >= 4 is 11.8 Å². The molecule has 3 rings (SSSR count). The van der Waals surface area contributed by atoms with Gasteiger partial charge in [-0.3, -0.25) is 9.59 Å². The van der Waals surface area contributed by atoms with Crippen LogP contribution >= 0.6 is 0 Å². The van der Waals surface area contributed by atoms with Crippen LogP contribution < -0.4 is 10.5 Å². The summed E-state index contributed by atoms with van der Waals surface area (Å²) in [7, 11) is 0. The van der Waals surface area contributed by atoms with Gasteiger partial charge in [0.05, 0.1) is 12.6 Å². The Hall–Kier alpha value is -2.86. The first kappa shape index (κ1) is 17.9. The summed E-state index contributed by atoms with van der Waals surface area (Å²) in [6.45, 7) is 2.92. The maximum absolute atomic E-state index is 12.5. The van der Waals surface area contributed by atoms with E-state index in [1.54, 1.807) is 29.2 Å². The summed E-state index contributed by atoms with van der Waals surface area (Å²) < 4.78 is 11.5. The second kappa shape index (κ2) is 8.01. The Balaban J connectivity index is 1.59. The molecule has 1 heterocycles. The van der Waals surface area contributed by atoms with Crippen LogP contribution in [0.15, 0.2) is 54.6 Å². The largest absolute Gasteiger partial charge is 0.484 e. The SMILES string of the molecule is CC1CN(C(=O)COc2ccc(C(N)=O)cc2)CC(c2ccccc2)O1. The average Bonchev–Trinajstić information content (AvgIpc) is 2.66. The van der Waals surface area contributed by atoms with Crippen LogP contribution in [0.5, 0.6) is 5.75 Å². The Morgan fingerprint density at radius 1 is 1.12 bits per heavy atom. The minimum Gasteiger partial charge on any atom is -0.484 e. The number of benzene rings is 2. The van der Waals surface area contributed by atoms with E-state index < -0.39 is 5.91 Å². The molecule has 2 aromatic rings. The summed E-state index contributed by atoms with van der Waals surface area (Å²) >= 11 is 0. The lowest BCUT2D eigenvalue weighted by atomic mass is 10.1. The Labute approximate surface area is 152 Å². The average molecular weight is 354 g/mol. The lowest BCUT2D eigenvalue weighted by Crippen LogP contribution is -2.47. The predicted octanol–water partition coefficient (Wildman–Crippen LogP) is 2.15. The molecule has 2 amide bonds. The number of hydrogen-bond acceptors (Lipinski definition) is 4. The molecule has 0 aromatic heterocycles. The number of rotatable bonds is 5. The molecule has 26 heavy (non-hydrogen) atoms. The van der Waals surface area contributed by atoms with Gasteiger partial charge in [-0.2, -0.15) is 0 Å². The van der Waals surface area contributed by atoms with Crippen LogP contribution in [0.25, 0.3) is 0 Å². The standard InChI is InChI=1S/C20H22N2O4/c1-14-11-22(12-18(26-14)15-5-3-2-4-6-15)19(23)13-25-17-9-7-16(8-10-17)20(21)24/h2-10,14,18H,11-13H2,1H3,(H2,21,24). The van der Waals surface area contributed by atoms with E-state index in [0.29, 0.717) is 24.4 Å². The zero-order chi connectivity index (χ0) is 18.5. The molecule has 1 aliphatic rings. The minimum atomic E-state index is -0.498. The number of carbonyl (C=O) groups is 2. The third-order valence-corrected chi connectivity index (χ3v) is 4.29. The van der Waals surface area contributed by atoms with E-state index >= 15 is 0 Å². The smallest absolute Gasteiger partial charge is 0.260 e. The van der Waals surface area contributed by atoms with Crippen molar-refractivity contribution in [3.63, 3.8) is 0 Å². The second-order valence-corrected chi connectivity index (χ2v) is 6.32. The van der Waals surface area contributed by atoms with Crippen molar-refractivity contribution in [3.05, 3.63) is 65.7 Å². The van der Waals surface area contributed by atoms with Gasteiger partial charge in [0.2, 0.25) is 5.91 Å². The molecular weight excluding hydrogens is 332 g/mol. The van der Waals surface area contributed by atoms with E-state index in [2.05, 4.69) is 0 Å². The van der Waals surface area contributed by atoms with Crippen LogP contribution in [-0.2, 0) is 9.53 Å². The molecule has 6 nitrogen and oxygen atoms in total. The molecule has 2 aromatic carbocycles. The fourth-order valence-electron chi connectivity index (χ4n) is 2.96. The van der Waals surface area contributed by atoms with Gasteiger partial charge in [0.1, 0.15) is 11.9 Å². The molecule has 0 saturated carbocycles. The third kappa shape index (κ3) is 4.40.